The van der Waals surface area contributed by atoms with Gasteiger partial charge in [0.2, 0.25) is 5.91 Å². The first-order valence-electron chi connectivity index (χ1n) is 8.98. The molecule has 7 heteroatoms. The van der Waals surface area contributed by atoms with Gasteiger partial charge in [-0.3, -0.25) is 9.69 Å². The monoisotopic (exact) mass is 407 g/mol. The smallest absolute Gasteiger partial charge is 0.223 e. The van der Waals surface area contributed by atoms with Crippen LogP contribution < -0.4 is 11.1 Å². The van der Waals surface area contributed by atoms with Gasteiger partial charge in [0.1, 0.15) is 0 Å². The van der Waals surface area contributed by atoms with Crippen LogP contribution in [-0.4, -0.2) is 37.0 Å². The van der Waals surface area contributed by atoms with E-state index in [0.717, 1.165) is 45.4 Å². The Bertz CT molecular complexity index is 493. The lowest BCUT2D eigenvalue weighted by molar-refractivity contribution is -0.126. The SMILES string of the molecule is Cl.Cl.NC[C@H]1CCC[C@H]1C(=O)NCC1CCN(Cc2cccs2)CC1. The molecule has 0 aromatic carbocycles. The number of carbonyl (C=O) groups is 1. The van der Waals surface area contributed by atoms with Gasteiger partial charge in [0, 0.05) is 23.9 Å². The van der Waals surface area contributed by atoms with Crippen LogP contribution in [0, 0.1) is 17.8 Å². The quantitative estimate of drug-likeness (QED) is 0.760. The van der Waals surface area contributed by atoms with Crippen molar-refractivity contribution < 1.29 is 4.79 Å². The molecule has 2 atom stereocenters. The van der Waals surface area contributed by atoms with Crippen molar-refractivity contribution in [3.63, 3.8) is 0 Å². The molecule has 1 aliphatic heterocycles. The topological polar surface area (TPSA) is 58.4 Å². The van der Waals surface area contributed by atoms with Crippen molar-refractivity contribution in [1.29, 1.82) is 0 Å². The van der Waals surface area contributed by atoms with Crippen LogP contribution >= 0.6 is 36.2 Å². The van der Waals surface area contributed by atoms with Crippen LogP contribution in [0.15, 0.2) is 17.5 Å². The fraction of sp³-hybridized carbons (Fsp3) is 0.722. The molecule has 2 heterocycles. The van der Waals surface area contributed by atoms with Crippen LogP contribution in [0.25, 0.3) is 0 Å². The van der Waals surface area contributed by atoms with Crippen molar-refractivity contribution in [2.75, 3.05) is 26.2 Å². The molecule has 2 aliphatic rings. The molecule has 0 radical (unpaired) electrons. The third kappa shape index (κ3) is 6.40. The summed E-state index contributed by atoms with van der Waals surface area (Å²) in [7, 11) is 0. The average Bonchev–Trinajstić information content (AvgIpc) is 3.25. The van der Waals surface area contributed by atoms with Crippen LogP contribution in [0.2, 0.25) is 0 Å². The number of nitrogens with two attached hydrogens (primary N) is 1. The van der Waals surface area contributed by atoms with Gasteiger partial charge in [0.05, 0.1) is 0 Å². The highest BCUT2D eigenvalue weighted by molar-refractivity contribution is 7.09. The molecule has 25 heavy (non-hydrogen) atoms. The molecular formula is C18H31Cl2N3OS. The Balaban J connectivity index is 0.00000156. The summed E-state index contributed by atoms with van der Waals surface area (Å²) in [6.07, 6.45) is 5.68. The van der Waals surface area contributed by atoms with Gasteiger partial charge in [-0.1, -0.05) is 12.5 Å². The summed E-state index contributed by atoms with van der Waals surface area (Å²) in [6.45, 7) is 4.87. The van der Waals surface area contributed by atoms with Gasteiger partial charge < -0.3 is 11.1 Å². The zero-order valence-corrected chi connectivity index (χ0v) is 17.1. The lowest BCUT2D eigenvalue weighted by atomic mass is 9.93. The molecule has 1 amide bonds. The van der Waals surface area contributed by atoms with Gasteiger partial charge in [-0.25, -0.2) is 0 Å². The second kappa shape index (κ2) is 11.4. The largest absolute Gasteiger partial charge is 0.356 e. The van der Waals surface area contributed by atoms with Crippen LogP contribution in [0.4, 0.5) is 0 Å². The lowest BCUT2D eigenvalue weighted by Crippen LogP contribution is -2.41. The summed E-state index contributed by atoms with van der Waals surface area (Å²) in [4.78, 5) is 16.3. The summed E-state index contributed by atoms with van der Waals surface area (Å²) >= 11 is 1.84. The maximum Gasteiger partial charge on any atom is 0.223 e. The van der Waals surface area contributed by atoms with Crippen LogP contribution in [0.5, 0.6) is 0 Å². The maximum atomic E-state index is 12.4. The molecule has 1 aliphatic carbocycles. The summed E-state index contributed by atoms with van der Waals surface area (Å²) < 4.78 is 0. The van der Waals surface area contributed by atoms with Crippen molar-refractivity contribution >= 4 is 42.1 Å². The molecule has 1 saturated heterocycles. The number of rotatable bonds is 6. The van der Waals surface area contributed by atoms with Gasteiger partial charge in [0.15, 0.2) is 0 Å². The van der Waals surface area contributed by atoms with E-state index in [-0.39, 0.29) is 36.6 Å². The van der Waals surface area contributed by atoms with Crippen molar-refractivity contribution in [2.45, 2.75) is 38.6 Å². The highest BCUT2D eigenvalue weighted by Crippen LogP contribution is 2.31. The minimum absolute atomic E-state index is 0. The fourth-order valence-corrected chi connectivity index (χ4v) is 4.76. The predicted octanol–water partition coefficient (Wildman–Crippen LogP) is 3.29. The number of thiophene rings is 1. The number of hydrogen-bond acceptors (Lipinski definition) is 4. The van der Waals surface area contributed by atoms with E-state index in [2.05, 4.69) is 27.7 Å². The molecule has 0 unspecified atom stereocenters. The first-order chi connectivity index (χ1) is 11.3. The highest BCUT2D eigenvalue weighted by atomic mass is 35.5. The Kier molecular flexibility index (Phi) is 10.4. The number of carbonyl (C=O) groups excluding carboxylic acids is 1. The van der Waals surface area contributed by atoms with Crippen LogP contribution in [0.3, 0.4) is 0 Å². The zero-order valence-electron chi connectivity index (χ0n) is 14.7. The predicted molar refractivity (Wildman–Crippen MR) is 110 cm³/mol. The average molecular weight is 408 g/mol. The summed E-state index contributed by atoms with van der Waals surface area (Å²) in [5.74, 6) is 1.46. The maximum absolute atomic E-state index is 12.4. The molecule has 0 bridgehead atoms. The van der Waals surface area contributed by atoms with Crippen LogP contribution in [0.1, 0.15) is 37.0 Å². The van der Waals surface area contributed by atoms with Crippen molar-refractivity contribution in [3.8, 4) is 0 Å². The molecule has 144 valence electrons. The van der Waals surface area contributed by atoms with Crippen LogP contribution in [-0.2, 0) is 11.3 Å². The number of hydrogen-bond donors (Lipinski definition) is 2. The van der Waals surface area contributed by atoms with E-state index in [1.165, 1.54) is 17.7 Å². The summed E-state index contributed by atoms with van der Waals surface area (Å²) in [5.41, 5.74) is 5.79. The van der Waals surface area contributed by atoms with Crippen molar-refractivity contribution in [1.82, 2.24) is 10.2 Å². The third-order valence-corrected chi connectivity index (χ3v) is 6.39. The van der Waals surface area contributed by atoms with E-state index in [1.54, 1.807) is 0 Å². The standard InChI is InChI=1S/C18H29N3OS.2ClH/c19-11-15-3-1-5-17(15)18(22)20-12-14-6-8-21(9-7-14)13-16-4-2-10-23-16;;/h2,4,10,14-15,17H,1,3,5-9,11-13,19H2,(H,20,22);2*1H/t15-,17-;;/m1../s1. The molecule has 3 rings (SSSR count). The Morgan fingerprint density at radius 2 is 2.00 bits per heavy atom. The Hall–Kier alpha value is -0.330. The number of piperidine rings is 1. The van der Waals surface area contributed by atoms with E-state index in [0.29, 0.717) is 18.4 Å². The molecule has 0 spiro atoms. The minimum Gasteiger partial charge on any atom is -0.356 e. The number of amides is 1. The van der Waals surface area contributed by atoms with Gasteiger partial charge in [-0.2, -0.15) is 0 Å². The third-order valence-electron chi connectivity index (χ3n) is 5.53. The second-order valence-corrected chi connectivity index (χ2v) is 8.11. The summed E-state index contributed by atoms with van der Waals surface area (Å²) in [5, 5.41) is 5.36. The molecule has 1 aromatic rings. The van der Waals surface area contributed by atoms with E-state index >= 15 is 0 Å². The first-order valence-corrected chi connectivity index (χ1v) is 9.86. The van der Waals surface area contributed by atoms with Gasteiger partial charge in [-0.15, -0.1) is 36.2 Å². The van der Waals surface area contributed by atoms with E-state index in [9.17, 15) is 4.79 Å². The lowest BCUT2D eigenvalue weighted by Gasteiger charge is -2.32. The number of likely N-dealkylation sites (tertiary alicyclic amines) is 1. The Morgan fingerprint density at radius 3 is 2.64 bits per heavy atom. The number of halogens is 2. The molecular weight excluding hydrogens is 377 g/mol. The first kappa shape index (κ1) is 22.7. The van der Waals surface area contributed by atoms with E-state index in [1.807, 2.05) is 11.3 Å². The van der Waals surface area contributed by atoms with Gasteiger partial charge >= 0.3 is 0 Å². The van der Waals surface area contributed by atoms with Crippen molar-refractivity contribution in [3.05, 3.63) is 22.4 Å². The molecule has 1 saturated carbocycles. The molecule has 4 nitrogen and oxygen atoms in total. The Labute approximate surface area is 167 Å². The normalized spacial score (nSPS) is 24.4. The summed E-state index contributed by atoms with van der Waals surface area (Å²) in [6, 6.07) is 4.34. The van der Waals surface area contributed by atoms with E-state index < -0.39 is 0 Å². The molecule has 3 N–H and O–H groups in total. The van der Waals surface area contributed by atoms with E-state index in [4.69, 9.17) is 5.73 Å². The number of nitrogens with zero attached hydrogens (tertiary/aromatic N) is 1. The minimum atomic E-state index is 0. The van der Waals surface area contributed by atoms with Gasteiger partial charge in [-0.05, 0) is 68.6 Å². The molecule has 1 aromatic heterocycles. The molecule has 2 fully saturated rings. The fourth-order valence-electron chi connectivity index (χ4n) is 4.01. The Morgan fingerprint density at radius 1 is 1.24 bits per heavy atom. The van der Waals surface area contributed by atoms with Crippen molar-refractivity contribution in [2.24, 2.45) is 23.5 Å². The zero-order chi connectivity index (χ0) is 16.1. The second-order valence-electron chi connectivity index (χ2n) is 7.08. The highest BCUT2D eigenvalue weighted by Gasteiger charge is 2.32. The van der Waals surface area contributed by atoms with Gasteiger partial charge in [0.25, 0.3) is 0 Å². The number of nitrogens with one attached hydrogen (secondary N) is 1.